The molecule has 25 heavy (non-hydrogen) atoms. The first-order valence-electron chi connectivity index (χ1n) is 7.23. The van der Waals surface area contributed by atoms with Crippen molar-refractivity contribution < 1.29 is 27.6 Å². The van der Waals surface area contributed by atoms with Crippen LogP contribution in [0, 0.1) is 0 Å². The lowest BCUT2D eigenvalue weighted by molar-refractivity contribution is -0.192. The summed E-state index contributed by atoms with van der Waals surface area (Å²) in [7, 11) is 2.10. The highest BCUT2D eigenvalue weighted by Crippen LogP contribution is 2.21. The van der Waals surface area contributed by atoms with Crippen LogP contribution < -0.4 is 5.32 Å². The van der Waals surface area contributed by atoms with Crippen LogP contribution in [-0.4, -0.2) is 50.9 Å². The van der Waals surface area contributed by atoms with Gasteiger partial charge in [0.25, 0.3) is 0 Å². The molecule has 0 amide bonds. The monoisotopic (exact) mass is 359 g/mol. The van der Waals surface area contributed by atoms with Crippen molar-refractivity contribution in [3.8, 4) is 0 Å². The maximum Gasteiger partial charge on any atom is 0.490 e. The molecule has 0 fully saturated rings. The lowest BCUT2D eigenvalue weighted by Gasteiger charge is -2.21. The van der Waals surface area contributed by atoms with E-state index in [9.17, 15) is 13.2 Å². The number of carboxylic acid groups (broad SMARTS) is 1. The van der Waals surface area contributed by atoms with E-state index >= 15 is 0 Å². The largest absolute Gasteiger partial charge is 0.490 e. The van der Waals surface area contributed by atoms with Crippen LogP contribution in [0.2, 0.25) is 0 Å². The molecule has 8 nitrogen and oxygen atoms in total. The second-order valence-electron chi connectivity index (χ2n) is 5.25. The van der Waals surface area contributed by atoms with E-state index in [0.717, 1.165) is 31.0 Å². The van der Waals surface area contributed by atoms with Crippen LogP contribution in [0.3, 0.4) is 0 Å². The molecule has 2 aromatic heterocycles. The number of carbonyl (C=O) groups is 1. The van der Waals surface area contributed by atoms with Crippen LogP contribution in [-0.2, 0) is 24.3 Å². The Morgan fingerprint density at radius 2 is 2.04 bits per heavy atom. The summed E-state index contributed by atoms with van der Waals surface area (Å²) < 4.78 is 37.1. The van der Waals surface area contributed by atoms with E-state index in [-0.39, 0.29) is 0 Å². The van der Waals surface area contributed by atoms with E-state index < -0.39 is 12.1 Å². The molecule has 0 bridgehead atoms. The second kappa shape index (κ2) is 7.92. The highest BCUT2D eigenvalue weighted by atomic mass is 19.4. The zero-order valence-electron chi connectivity index (χ0n) is 13.2. The fraction of sp³-hybridized carbons (Fsp3) is 0.429. The molecule has 2 aromatic rings. The second-order valence-corrected chi connectivity index (χ2v) is 5.25. The predicted molar refractivity (Wildman–Crippen MR) is 79.6 cm³/mol. The number of fused-ring (bicyclic) bond motifs is 1. The molecule has 0 saturated heterocycles. The molecule has 0 aromatic carbocycles. The van der Waals surface area contributed by atoms with Gasteiger partial charge in [-0.05, 0) is 13.1 Å². The third-order valence-electron chi connectivity index (χ3n) is 3.32. The summed E-state index contributed by atoms with van der Waals surface area (Å²) in [5, 5.41) is 14.4. The van der Waals surface area contributed by atoms with Crippen LogP contribution in [0.25, 0.3) is 0 Å². The average molecular weight is 359 g/mol. The summed E-state index contributed by atoms with van der Waals surface area (Å²) in [6.07, 6.45) is -0.733. The lowest BCUT2D eigenvalue weighted by atomic mass is 10.1. The van der Waals surface area contributed by atoms with Gasteiger partial charge in [0.2, 0.25) is 5.95 Å². The summed E-state index contributed by atoms with van der Waals surface area (Å²) >= 11 is 0. The number of hydrogen-bond donors (Lipinski definition) is 2. The fourth-order valence-corrected chi connectivity index (χ4v) is 2.09. The number of likely N-dealkylation sites (N-methyl/N-ethyl adjacent to an activating group) is 1. The van der Waals surface area contributed by atoms with E-state index in [0.29, 0.717) is 12.5 Å². The van der Waals surface area contributed by atoms with Gasteiger partial charge >= 0.3 is 12.1 Å². The van der Waals surface area contributed by atoms with Crippen molar-refractivity contribution in [2.24, 2.45) is 0 Å². The van der Waals surface area contributed by atoms with Crippen molar-refractivity contribution in [1.29, 1.82) is 0 Å². The van der Waals surface area contributed by atoms with Crippen LogP contribution in [0.4, 0.5) is 19.1 Å². The lowest BCUT2D eigenvalue weighted by Crippen LogP contribution is -2.26. The van der Waals surface area contributed by atoms with Crippen molar-refractivity contribution in [2.45, 2.75) is 25.7 Å². The molecule has 3 rings (SSSR count). The van der Waals surface area contributed by atoms with E-state index in [1.807, 2.05) is 0 Å². The van der Waals surface area contributed by atoms with Gasteiger partial charge < -0.3 is 19.8 Å². The van der Waals surface area contributed by atoms with Gasteiger partial charge in [-0.15, -0.1) is 0 Å². The first-order valence-corrected chi connectivity index (χ1v) is 7.23. The van der Waals surface area contributed by atoms with Crippen molar-refractivity contribution in [2.75, 3.05) is 18.9 Å². The number of nitrogens with one attached hydrogen (secondary N) is 1. The topological polar surface area (TPSA) is 104 Å². The quantitative estimate of drug-likeness (QED) is 0.853. The van der Waals surface area contributed by atoms with Gasteiger partial charge in [0.05, 0.1) is 6.54 Å². The maximum atomic E-state index is 10.6. The molecule has 0 atom stereocenters. The van der Waals surface area contributed by atoms with Gasteiger partial charge in [0.15, 0.2) is 0 Å². The van der Waals surface area contributed by atoms with Gasteiger partial charge in [-0.1, -0.05) is 5.16 Å². The highest BCUT2D eigenvalue weighted by Gasteiger charge is 2.38. The average Bonchev–Trinajstić information content (AvgIpc) is 2.96. The predicted octanol–water partition coefficient (Wildman–Crippen LogP) is 1.70. The number of anilines is 1. The zero-order valence-corrected chi connectivity index (χ0v) is 13.2. The minimum Gasteiger partial charge on any atom is -0.475 e. The van der Waals surface area contributed by atoms with Crippen molar-refractivity contribution in [3.63, 3.8) is 0 Å². The number of hydrogen-bond acceptors (Lipinski definition) is 7. The SMILES string of the molecule is CN1CCc2onc(CNc3ncccn3)c2C1.O=C(O)C(F)(F)F. The van der Waals surface area contributed by atoms with Crippen molar-refractivity contribution in [3.05, 3.63) is 35.5 Å². The fourth-order valence-electron chi connectivity index (χ4n) is 2.09. The smallest absolute Gasteiger partial charge is 0.475 e. The van der Waals surface area contributed by atoms with Gasteiger partial charge in [-0.2, -0.15) is 13.2 Å². The van der Waals surface area contributed by atoms with Gasteiger partial charge in [-0.25, -0.2) is 14.8 Å². The summed E-state index contributed by atoms with van der Waals surface area (Å²) in [6.45, 7) is 2.51. The Morgan fingerprint density at radius 3 is 2.64 bits per heavy atom. The Labute approximate surface area is 140 Å². The number of nitrogens with zero attached hydrogens (tertiary/aromatic N) is 4. The first kappa shape index (κ1) is 18.6. The number of rotatable bonds is 3. The molecule has 0 radical (unpaired) electrons. The Morgan fingerprint density at radius 1 is 1.40 bits per heavy atom. The Bertz CT molecular complexity index is 705. The third kappa shape index (κ3) is 5.41. The minimum absolute atomic E-state index is 0.594. The molecule has 0 aliphatic carbocycles. The normalized spacial score (nSPS) is 14.2. The minimum atomic E-state index is -5.08. The molecule has 11 heteroatoms. The molecule has 0 unspecified atom stereocenters. The van der Waals surface area contributed by atoms with E-state index in [1.54, 1.807) is 18.5 Å². The zero-order chi connectivity index (χ0) is 18.4. The van der Waals surface area contributed by atoms with Crippen LogP contribution in [0.1, 0.15) is 17.0 Å². The number of halogens is 3. The van der Waals surface area contributed by atoms with Crippen LogP contribution >= 0.6 is 0 Å². The molecule has 1 aliphatic heterocycles. The van der Waals surface area contributed by atoms with Crippen molar-refractivity contribution >= 4 is 11.9 Å². The molecule has 0 saturated carbocycles. The van der Waals surface area contributed by atoms with E-state index in [1.165, 1.54) is 5.56 Å². The molecular weight excluding hydrogens is 343 g/mol. The summed E-state index contributed by atoms with van der Waals surface area (Å²) in [5.41, 5.74) is 2.15. The number of alkyl halides is 3. The Hall–Kier alpha value is -2.69. The standard InChI is InChI=1S/C12H15N5O.C2HF3O2/c1-17-6-3-11-9(8-17)10(16-18-11)7-15-12-13-4-2-5-14-12;3-2(4,5)1(6)7/h2,4-5H,3,6-8H2,1H3,(H,13,14,15);(H,6,7). The van der Waals surface area contributed by atoms with Crippen LogP contribution in [0.5, 0.6) is 0 Å². The maximum absolute atomic E-state index is 10.6. The van der Waals surface area contributed by atoms with Gasteiger partial charge in [-0.3, -0.25) is 0 Å². The third-order valence-corrected chi connectivity index (χ3v) is 3.32. The first-order chi connectivity index (χ1) is 11.8. The Balaban J connectivity index is 0.000000277. The molecule has 1 aliphatic rings. The molecule has 2 N–H and O–H groups in total. The number of carboxylic acids is 1. The summed E-state index contributed by atoms with van der Waals surface area (Å²) in [6, 6.07) is 1.79. The summed E-state index contributed by atoms with van der Waals surface area (Å²) in [4.78, 5) is 19.4. The Kier molecular flexibility index (Phi) is 5.91. The van der Waals surface area contributed by atoms with E-state index in [4.69, 9.17) is 14.4 Å². The summed E-state index contributed by atoms with van der Waals surface area (Å²) in [5.74, 6) is -1.13. The van der Waals surface area contributed by atoms with Gasteiger partial charge in [0, 0.05) is 37.5 Å². The molecule has 136 valence electrons. The van der Waals surface area contributed by atoms with Gasteiger partial charge in [0.1, 0.15) is 11.5 Å². The molecular formula is C14H16F3N5O3. The number of aliphatic carboxylic acids is 1. The number of aromatic nitrogens is 3. The molecule has 0 spiro atoms. The van der Waals surface area contributed by atoms with E-state index in [2.05, 4.69) is 32.4 Å². The van der Waals surface area contributed by atoms with Crippen molar-refractivity contribution in [1.82, 2.24) is 20.0 Å². The van der Waals surface area contributed by atoms with Crippen LogP contribution in [0.15, 0.2) is 23.0 Å². The highest BCUT2D eigenvalue weighted by molar-refractivity contribution is 5.73. The molecule has 3 heterocycles.